The zero-order valence-electron chi connectivity index (χ0n) is 73.0. The van der Waals surface area contributed by atoms with Crippen molar-refractivity contribution >= 4 is 113 Å². The Balaban J connectivity index is -0.000000110. The second-order valence-electron chi connectivity index (χ2n) is 34.8. The van der Waals surface area contributed by atoms with Crippen LogP contribution in [-0.2, 0) is 212 Å². The zero-order chi connectivity index (χ0) is 75.2. The van der Waals surface area contributed by atoms with E-state index in [9.17, 15) is 0 Å². The van der Waals surface area contributed by atoms with Gasteiger partial charge in [0.15, 0.2) is 0 Å². The molecule has 10 nitrogen and oxygen atoms in total. The number of para-hydroxylation sites is 6. The third kappa shape index (κ3) is 60.6. The summed E-state index contributed by atoms with van der Waals surface area (Å²) >= 11 is 0. The van der Waals surface area contributed by atoms with Crippen molar-refractivity contribution < 1.29 is 284 Å². The standard InChI is InChI=1S/6C12H16NP.4C4H8O.9ClH.9Cu/c6*1-12(2,3)8-13-9-14-11-7-5-4-6-10(11)13;4*1-2-4-5-3-1;;;;;;;;;;;;;;;;;;/h6*4-7,9H,8H2,1-3H3;4*1-4H2;9*1H;;;;;;;;;/q;;;;;;;;;;;;;;;;;;;9*+1/p-9. The number of fused-ring (bicyclic) bond motifs is 6. The van der Waals surface area contributed by atoms with Crippen molar-refractivity contribution in [2.24, 2.45) is 32.5 Å². The van der Waals surface area contributed by atoms with Crippen LogP contribution in [0.5, 0.6) is 0 Å². The molecule has 0 N–H and O–H groups in total. The van der Waals surface area contributed by atoms with Crippen molar-refractivity contribution in [2.75, 3.05) is 52.9 Å². The van der Waals surface area contributed by atoms with Gasteiger partial charge in [0.2, 0.25) is 0 Å². The molecular formula is C88H128Cl9Cu9N6O4P6. The van der Waals surface area contributed by atoms with Gasteiger partial charge in [-0.05, 0) is 206 Å². The van der Waals surface area contributed by atoms with E-state index in [0.717, 1.165) is 92.1 Å². The van der Waals surface area contributed by atoms with Crippen LogP contribution < -0.4 is 112 Å². The quantitative estimate of drug-likeness (QED) is 0.239. The molecule has 0 atom stereocenters. The summed E-state index contributed by atoms with van der Waals surface area (Å²) < 4.78 is 34.0. The van der Waals surface area contributed by atoms with E-state index in [4.69, 9.17) is 18.9 Å². The molecule has 4 aliphatic rings. The van der Waals surface area contributed by atoms with Crippen LogP contribution in [-0.4, -0.2) is 80.3 Å². The Labute approximate surface area is 895 Å². The third-order valence-corrected chi connectivity index (χ3v) is 22.6. The summed E-state index contributed by atoms with van der Waals surface area (Å²) in [6, 6.07) is 51.8. The van der Waals surface area contributed by atoms with E-state index in [1.807, 2.05) is 0 Å². The van der Waals surface area contributed by atoms with Gasteiger partial charge in [-0.25, -0.2) is 0 Å². The van der Waals surface area contributed by atoms with Gasteiger partial charge >= 0.3 is 154 Å². The molecule has 34 heteroatoms. The number of rotatable bonds is 6. The second-order valence-corrected chi connectivity index (χ2v) is 40.6. The van der Waals surface area contributed by atoms with Crippen LogP contribution in [0.1, 0.15) is 176 Å². The summed E-state index contributed by atoms with van der Waals surface area (Å²) in [6.07, 6.45) is 10.2. The van der Waals surface area contributed by atoms with Gasteiger partial charge in [0.1, 0.15) is 0 Å². The fourth-order valence-electron chi connectivity index (χ4n) is 11.9. The number of hydrogen-bond acceptors (Lipinski definition) is 4. The molecule has 4 fully saturated rings. The summed E-state index contributed by atoms with van der Waals surface area (Å²) in [7, 11) is 7.99. The molecule has 0 aliphatic carbocycles. The maximum atomic E-state index is 4.94. The Morgan fingerprint density at radius 3 is 0.393 bits per heavy atom. The summed E-state index contributed by atoms with van der Waals surface area (Å²) in [5.74, 6) is 13.6. The summed E-state index contributed by atoms with van der Waals surface area (Å²) in [6.45, 7) is 55.5. The second kappa shape index (κ2) is 77.4. The first kappa shape index (κ1) is 150. The summed E-state index contributed by atoms with van der Waals surface area (Å²) in [5.41, 5.74) is 10.4. The first-order chi connectivity index (χ1) is 49.4. The van der Waals surface area contributed by atoms with E-state index in [-0.39, 0.29) is 265 Å². The maximum absolute atomic E-state index is 4.94. The molecule has 0 amide bonds. The number of benzene rings is 6. The topological polar surface area (TPSA) is 66.5 Å². The van der Waals surface area contributed by atoms with Crippen molar-refractivity contribution in [3.8, 4) is 0 Å². The Morgan fingerprint density at radius 2 is 0.303 bits per heavy atom. The predicted molar refractivity (Wildman–Crippen MR) is 464 cm³/mol. The van der Waals surface area contributed by atoms with Crippen LogP contribution in [0.15, 0.2) is 181 Å². The number of hydrogen-bond donors (Lipinski definition) is 0. The summed E-state index contributed by atoms with van der Waals surface area (Å²) in [5, 5.41) is 8.57. The molecule has 0 spiro atoms. The zero-order valence-corrected chi connectivity index (χ0v) is 93.6. The normalized spacial score (nSPS) is 12.7. The molecule has 4 saturated heterocycles. The van der Waals surface area contributed by atoms with Gasteiger partial charge in [-0.15, -0.1) is 0 Å². The summed E-state index contributed by atoms with van der Waals surface area (Å²) in [4.78, 5) is 0. The smallest absolute Gasteiger partial charge is 1.00 e. The van der Waals surface area contributed by atoms with Crippen molar-refractivity contribution in [3.05, 3.63) is 181 Å². The number of nitrogens with zero attached hydrogens (tertiary/aromatic N) is 6. The predicted octanol–water partition coefficient (Wildman–Crippen LogP) is 1.81. The molecule has 0 unspecified atom stereocenters. The monoisotopic (exact) mass is 2400 g/mol. The van der Waals surface area contributed by atoms with Gasteiger partial charge < -0.3 is 158 Å². The van der Waals surface area contributed by atoms with Gasteiger partial charge in [0, 0.05) is 158 Å². The van der Waals surface area contributed by atoms with Crippen molar-refractivity contribution in [3.63, 3.8) is 0 Å². The molecule has 12 aromatic rings. The van der Waals surface area contributed by atoms with Crippen LogP contribution in [0.3, 0.4) is 0 Å². The largest absolute Gasteiger partial charge is 1.00 e. The third-order valence-electron chi connectivity index (χ3n) is 16.3. The molecule has 0 saturated carbocycles. The van der Waals surface area contributed by atoms with E-state index in [1.54, 1.807) is 0 Å². The fraction of sp³-hybridized carbons (Fsp3) is 0.523. The number of ether oxygens (including phenoxy) is 4. The first-order valence-corrected chi connectivity index (χ1v) is 43.9. The maximum Gasteiger partial charge on any atom is 1.00 e. The van der Waals surface area contributed by atoms with Crippen LogP contribution in [0.2, 0.25) is 0 Å². The Bertz CT molecular complexity index is 3700. The molecule has 0 bridgehead atoms. The van der Waals surface area contributed by atoms with Crippen LogP contribution in [0, 0.1) is 32.5 Å². The van der Waals surface area contributed by atoms with E-state index in [0.29, 0.717) is 32.5 Å². The van der Waals surface area contributed by atoms with E-state index in [2.05, 4.69) is 333 Å². The molecule has 726 valence electrons. The van der Waals surface area contributed by atoms with Crippen molar-refractivity contribution in [2.45, 2.75) is 215 Å². The van der Waals surface area contributed by atoms with Gasteiger partial charge in [-0.3, -0.25) is 0 Å². The Kier molecular flexibility index (Phi) is 95.1. The van der Waals surface area contributed by atoms with Gasteiger partial charge in [-0.1, -0.05) is 197 Å². The minimum absolute atomic E-state index is 0. The fourth-order valence-corrected chi connectivity index (χ4v) is 17.8. The number of aromatic nitrogens is 6. The van der Waals surface area contributed by atoms with Gasteiger partial charge in [0.05, 0.1) is 33.1 Å². The van der Waals surface area contributed by atoms with Gasteiger partial charge in [-0.2, -0.15) is 0 Å². The van der Waals surface area contributed by atoms with Crippen LogP contribution >= 0.6 is 49.2 Å². The van der Waals surface area contributed by atoms with Crippen molar-refractivity contribution in [1.29, 1.82) is 0 Å². The van der Waals surface area contributed by atoms with Gasteiger partial charge in [0.25, 0.3) is 0 Å². The average Bonchev–Trinajstić information content (AvgIpc) is 1.72. The molecule has 4 aliphatic heterocycles. The number of halogens is 9. The van der Waals surface area contributed by atoms with Crippen LogP contribution in [0.25, 0.3) is 63.8 Å². The Morgan fingerprint density at radius 1 is 0.197 bits per heavy atom. The molecule has 10 heterocycles. The first-order valence-electron chi connectivity index (χ1n) is 38.1. The van der Waals surface area contributed by atoms with E-state index in [1.165, 1.54) is 164 Å². The van der Waals surface area contributed by atoms with Crippen molar-refractivity contribution in [1.82, 2.24) is 27.4 Å². The average molecular weight is 2410 g/mol. The molecule has 0 radical (unpaired) electrons. The van der Waals surface area contributed by atoms with E-state index < -0.39 is 0 Å². The van der Waals surface area contributed by atoms with Crippen LogP contribution in [0.4, 0.5) is 0 Å². The molecule has 6 aromatic heterocycles. The molecule has 6 aromatic carbocycles. The molecule has 16 rings (SSSR count). The Hall–Kier alpha value is 2.27. The van der Waals surface area contributed by atoms with E-state index >= 15 is 0 Å². The minimum Gasteiger partial charge on any atom is -1.00 e. The minimum atomic E-state index is 0. The molecular weight excluding hydrogens is 2280 g/mol. The molecule has 122 heavy (non-hydrogen) atoms. The SMILES string of the molecule is C1CCOC1.C1CCOC1.C1CCOC1.C1CCOC1.CC(C)(C)Cn1cpc2ccccc21.CC(C)(C)Cn1cpc2ccccc21.CC(C)(C)Cn1cpc2ccccc21.CC(C)(C)Cn1cpc2ccccc21.CC(C)(C)Cn1cpc2ccccc21.CC(C)(C)Cn1cpc2ccccc21.[Cl-].[Cl-].[Cl-].[Cl-].[Cl-].[Cl-].[Cl-].[Cl-].[Cl-].[Cu+].[Cu+].[Cu+].[Cu+].[Cu+].[Cu+].[Cu+].[Cu+].[Cu+].